The van der Waals surface area contributed by atoms with E-state index in [9.17, 15) is 4.79 Å². The third kappa shape index (κ3) is 2.46. The molecule has 0 amide bonds. The van der Waals surface area contributed by atoms with Crippen LogP contribution >= 0.6 is 0 Å². The fourth-order valence-electron chi connectivity index (χ4n) is 3.00. The first-order valence-electron chi connectivity index (χ1n) is 7.34. The number of Topliss-reactive ketones (excluding diaryl/α,β-unsaturated/α-hetero) is 1. The molecule has 2 aromatic carbocycles. The molecule has 0 saturated carbocycles. The SMILES string of the molecule is Cc1cc(C)c2c(c1)OC(c1ccc(C)c(C)c1)CC2=O. The minimum Gasteiger partial charge on any atom is -0.484 e. The van der Waals surface area contributed by atoms with Gasteiger partial charge in [0.05, 0.1) is 12.0 Å². The van der Waals surface area contributed by atoms with Gasteiger partial charge in [0.15, 0.2) is 5.78 Å². The number of hydrogen-bond donors (Lipinski definition) is 0. The highest BCUT2D eigenvalue weighted by Crippen LogP contribution is 2.37. The Morgan fingerprint density at radius 2 is 1.71 bits per heavy atom. The van der Waals surface area contributed by atoms with Crippen molar-refractivity contribution in [1.29, 1.82) is 0 Å². The molecule has 0 aromatic heterocycles. The summed E-state index contributed by atoms with van der Waals surface area (Å²) < 4.78 is 6.12. The van der Waals surface area contributed by atoms with Crippen molar-refractivity contribution in [1.82, 2.24) is 0 Å². The number of carbonyl (C=O) groups excluding carboxylic acids is 1. The van der Waals surface area contributed by atoms with E-state index in [4.69, 9.17) is 4.74 Å². The molecule has 21 heavy (non-hydrogen) atoms. The zero-order valence-electron chi connectivity index (χ0n) is 13.0. The largest absolute Gasteiger partial charge is 0.484 e. The second-order valence-corrected chi connectivity index (χ2v) is 6.03. The molecule has 2 heteroatoms. The summed E-state index contributed by atoms with van der Waals surface area (Å²) >= 11 is 0. The van der Waals surface area contributed by atoms with Crippen LogP contribution in [0.1, 0.15) is 50.7 Å². The van der Waals surface area contributed by atoms with Crippen molar-refractivity contribution >= 4 is 5.78 Å². The smallest absolute Gasteiger partial charge is 0.170 e. The Kier molecular flexibility index (Phi) is 3.32. The van der Waals surface area contributed by atoms with Crippen LogP contribution in [0.15, 0.2) is 30.3 Å². The lowest BCUT2D eigenvalue weighted by atomic mass is 9.91. The standard InChI is InChI=1S/C19H20O2/c1-11-7-14(4)19-16(20)10-17(21-18(19)8-11)15-6-5-12(2)13(3)9-15/h5-9,17H,10H2,1-4H3. The fourth-order valence-corrected chi connectivity index (χ4v) is 3.00. The maximum Gasteiger partial charge on any atom is 0.170 e. The molecule has 2 aromatic rings. The minimum absolute atomic E-state index is 0.175. The molecular weight excluding hydrogens is 260 g/mol. The van der Waals surface area contributed by atoms with Crippen molar-refractivity contribution in [2.24, 2.45) is 0 Å². The first kappa shape index (κ1) is 13.9. The zero-order chi connectivity index (χ0) is 15.1. The summed E-state index contributed by atoms with van der Waals surface area (Å²) in [6, 6.07) is 10.3. The number of ketones is 1. The van der Waals surface area contributed by atoms with Crippen LogP contribution in [0, 0.1) is 27.7 Å². The van der Waals surface area contributed by atoms with Gasteiger partial charge < -0.3 is 4.74 Å². The van der Waals surface area contributed by atoms with Crippen LogP contribution in [0.5, 0.6) is 5.75 Å². The molecular formula is C19H20O2. The molecule has 1 unspecified atom stereocenters. The lowest BCUT2D eigenvalue weighted by Gasteiger charge is -2.27. The molecule has 0 aliphatic carbocycles. The molecule has 0 N–H and O–H groups in total. The van der Waals surface area contributed by atoms with E-state index in [1.54, 1.807) is 0 Å². The Morgan fingerprint density at radius 3 is 2.43 bits per heavy atom. The Bertz CT molecular complexity index is 729. The summed E-state index contributed by atoms with van der Waals surface area (Å²) in [5, 5.41) is 0. The predicted molar refractivity (Wildman–Crippen MR) is 84.1 cm³/mol. The summed E-state index contributed by atoms with van der Waals surface area (Å²) in [4.78, 5) is 12.5. The maximum absolute atomic E-state index is 12.5. The number of rotatable bonds is 1. The van der Waals surface area contributed by atoms with Crippen LogP contribution in [0.4, 0.5) is 0 Å². The number of carbonyl (C=O) groups is 1. The van der Waals surface area contributed by atoms with E-state index in [-0.39, 0.29) is 11.9 Å². The summed E-state index contributed by atoms with van der Waals surface area (Å²) in [6.45, 7) is 8.18. The van der Waals surface area contributed by atoms with Crippen molar-refractivity contribution in [2.45, 2.75) is 40.2 Å². The highest BCUT2D eigenvalue weighted by Gasteiger charge is 2.29. The van der Waals surface area contributed by atoms with Crippen LogP contribution in [-0.4, -0.2) is 5.78 Å². The summed E-state index contributed by atoms with van der Waals surface area (Å²) in [6.07, 6.45) is 0.241. The van der Waals surface area contributed by atoms with E-state index in [2.05, 4.69) is 32.0 Å². The van der Waals surface area contributed by atoms with Crippen LogP contribution < -0.4 is 4.74 Å². The average molecular weight is 280 g/mol. The zero-order valence-corrected chi connectivity index (χ0v) is 13.0. The third-order valence-corrected chi connectivity index (χ3v) is 4.27. The van der Waals surface area contributed by atoms with Gasteiger partial charge in [-0.25, -0.2) is 0 Å². The number of hydrogen-bond acceptors (Lipinski definition) is 2. The van der Waals surface area contributed by atoms with Gasteiger partial charge in [0, 0.05) is 0 Å². The summed E-state index contributed by atoms with van der Waals surface area (Å²) in [5.74, 6) is 0.906. The van der Waals surface area contributed by atoms with E-state index in [0.717, 1.165) is 28.0 Å². The molecule has 108 valence electrons. The van der Waals surface area contributed by atoms with E-state index in [1.165, 1.54) is 11.1 Å². The first-order valence-corrected chi connectivity index (χ1v) is 7.34. The second kappa shape index (κ2) is 5.03. The average Bonchev–Trinajstić information content (AvgIpc) is 2.40. The number of aryl methyl sites for hydroxylation is 4. The van der Waals surface area contributed by atoms with Crippen molar-refractivity contribution in [3.05, 3.63) is 63.7 Å². The van der Waals surface area contributed by atoms with E-state index in [0.29, 0.717) is 6.42 Å². The van der Waals surface area contributed by atoms with Crippen molar-refractivity contribution < 1.29 is 9.53 Å². The molecule has 1 heterocycles. The molecule has 0 saturated heterocycles. The lowest BCUT2D eigenvalue weighted by molar-refractivity contribution is 0.0849. The lowest BCUT2D eigenvalue weighted by Crippen LogP contribution is -2.21. The molecule has 0 bridgehead atoms. The normalized spacial score (nSPS) is 17.3. The van der Waals surface area contributed by atoms with Gasteiger partial charge in [-0.1, -0.05) is 24.3 Å². The Labute approximate surface area is 125 Å². The molecule has 0 spiro atoms. The molecule has 1 atom stereocenters. The first-order chi connectivity index (χ1) is 9.95. The van der Waals surface area contributed by atoms with Gasteiger partial charge in [-0.05, 0) is 61.6 Å². The monoisotopic (exact) mass is 280 g/mol. The molecule has 3 rings (SSSR count). The van der Waals surface area contributed by atoms with Crippen molar-refractivity contribution in [2.75, 3.05) is 0 Å². The fraction of sp³-hybridized carbons (Fsp3) is 0.316. The van der Waals surface area contributed by atoms with E-state index < -0.39 is 0 Å². The van der Waals surface area contributed by atoms with Crippen molar-refractivity contribution in [3.8, 4) is 5.75 Å². The summed E-state index contributed by atoms with van der Waals surface area (Å²) in [5.41, 5.74) is 6.45. The van der Waals surface area contributed by atoms with E-state index in [1.807, 2.05) is 26.0 Å². The maximum atomic E-state index is 12.5. The Hall–Kier alpha value is -2.09. The molecule has 0 fully saturated rings. The van der Waals surface area contributed by atoms with Crippen LogP contribution in [-0.2, 0) is 0 Å². The van der Waals surface area contributed by atoms with Gasteiger partial charge in [-0.2, -0.15) is 0 Å². The highest BCUT2D eigenvalue weighted by molar-refractivity contribution is 6.01. The van der Waals surface area contributed by atoms with Gasteiger partial charge >= 0.3 is 0 Å². The van der Waals surface area contributed by atoms with Gasteiger partial charge in [0.2, 0.25) is 0 Å². The van der Waals surface area contributed by atoms with Crippen LogP contribution in [0.2, 0.25) is 0 Å². The topological polar surface area (TPSA) is 26.3 Å². The third-order valence-electron chi connectivity index (χ3n) is 4.27. The molecule has 1 aliphatic rings. The van der Waals surface area contributed by atoms with Crippen LogP contribution in [0.3, 0.4) is 0 Å². The number of benzene rings is 2. The number of ether oxygens (including phenoxy) is 1. The highest BCUT2D eigenvalue weighted by atomic mass is 16.5. The van der Waals surface area contributed by atoms with Gasteiger partial charge in [0.1, 0.15) is 11.9 Å². The van der Waals surface area contributed by atoms with Gasteiger partial charge in [-0.3, -0.25) is 4.79 Å². The Morgan fingerprint density at radius 1 is 0.952 bits per heavy atom. The molecule has 2 nitrogen and oxygen atoms in total. The minimum atomic E-state index is -0.175. The second-order valence-electron chi connectivity index (χ2n) is 6.03. The van der Waals surface area contributed by atoms with Crippen molar-refractivity contribution in [3.63, 3.8) is 0 Å². The molecule has 0 radical (unpaired) electrons. The quantitative estimate of drug-likeness (QED) is 0.761. The van der Waals surface area contributed by atoms with Gasteiger partial charge in [0.25, 0.3) is 0 Å². The molecule has 1 aliphatic heterocycles. The summed E-state index contributed by atoms with van der Waals surface area (Å²) in [7, 11) is 0. The van der Waals surface area contributed by atoms with Gasteiger partial charge in [-0.15, -0.1) is 0 Å². The Balaban J connectivity index is 2.01. The van der Waals surface area contributed by atoms with E-state index >= 15 is 0 Å². The predicted octanol–water partition coefficient (Wildman–Crippen LogP) is 4.63. The van der Waals surface area contributed by atoms with Crippen LogP contribution in [0.25, 0.3) is 0 Å². The number of fused-ring (bicyclic) bond motifs is 1.